The molecule has 50 valence electrons. The van der Waals surface area contributed by atoms with Gasteiger partial charge in [0.25, 0.3) is 0 Å². The fraction of sp³-hybridized carbons (Fsp3) is 0.400. The van der Waals surface area contributed by atoms with E-state index in [0.29, 0.717) is 6.54 Å². The molecule has 0 aliphatic rings. The summed E-state index contributed by atoms with van der Waals surface area (Å²) in [5, 5.41) is 0.745. The van der Waals surface area contributed by atoms with Crippen LogP contribution >= 0.6 is 11.5 Å². The molecule has 0 aromatic carbocycles. The second-order valence-electron chi connectivity index (χ2n) is 1.81. The van der Waals surface area contributed by atoms with Gasteiger partial charge in [-0.05, 0) is 18.5 Å². The van der Waals surface area contributed by atoms with Crippen molar-refractivity contribution in [3.8, 4) is 0 Å². The van der Waals surface area contributed by atoms with Crippen molar-refractivity contribution >= 4 is 16.5 Å². The Kier molecular flexibility index (Phi) is 1.68. The molecule has 0 radical (unpaired) electrons. The molecule has 3 nitrogen and oxygen atoms in total. The fourth-order valence-electron chi connectivity index (χ4n) is 0.654. The first-order valence-corrected chi connectivity index (χ1v) is 3.43. The van der Waals surface area contributed by atoms with Crippen molar-refractivity contribution in [3.05, 3.63) is 11.3 Å². The first-order valence-electron chi connectivity index (χ1n) is 2.66. The molecule has 0 saturated heterocycles. The molecule has 0 unspecified atom stereocenters. The number of aryl methyl sites for hydroxylation is 1. The van der Waals surface area contributed by atoms with Crippen LogP contribution in [0.5, 0.6) is 0 Å². The lowest BCUT2D eigenvalue weighted by atomic mass is 10.2. The van der Waals surface area contributed by atoms with Gasteiger partial charge < -0.3 is 11.5 Å². The normalized spacial score (nSPS) is 10.0. The Labute approximate surface area is 57.8 Å². The molecular formula is C5H9N3S. The van der Waals surface area contributed by atoms with Crippen molar-refractivity contribution < 1.29 is 0 Å². The molecule has 4 heteroatoms. The number of rotatable bonds is 1. The summed E-state index contributed by atoms with van der Waals surface area (Å²) in [6, 6.07) is 0. The highest BCUT2D eigenvalue weighted by Gasteiger charge is 2.03. The predicted molar refractivity (Wildman–Crippen MR) is 39.2 cm³/mol. The highest BCUT2D eigenvalue weighted by Crippen LogP contribution is 2.18. The first-order chi connectivity index (χ1) is 4.25. The van der Waals surface area contributed by atoms with Gasteiger partial charge in [0.2, 0.25) is 0 Å². The predicted octanol–water partition coefficient (Wildman–Crippen LogP) is 0.492. The maximum Gasteiger partial charge on any atom is 0.111 e. The van der Waals surface area contributed by atoms with Gasteiger partial charge in [-0.1, -0.05) is 0 Å². The summed E-state index contributed by atoms with van der Waals surface area (Å²) in [6.45, 7) is 2.41. The minimum absolute atomic E-state index is 0.494. The smallest absolute Gasteiger partial charge is 0.111 e. The number of anilines is 1. The van der Waals surface area contributed by atoms with E-state index in [1.54, 1.807) is 0 Å². The van der Waals surface area contributed by atoms with Crippen molar-refractivity contribution in [2.24, 2.45) is 5.73 Å². The molecule has 9 heavy (non-hydrogen) atoms. The molecule has 1 aromatic heterocycles. The van der Waals surface area contributed by atoms with E-state index in [9.17, 15) is 0 Å². The van der Waals surface area contributed by atoms with Crippen LogP contribution in [0.2, 0.25) is 0 Å². The van der Waals surface area contributed by atoms with Crippen molar-refractivity contribution in [1.82, 2.24) is 4.37 Å². The third kappa shape index (κ3) is 1.04. The Morgan fingerprint density at radius 3 is 2.56 bits per heavy atom. The third-order valence-electron chi connectivity index (χ3n) is 1.22. The maximum absolute atomic E-state index is 5.53. The minimum atomic E-state index is 0.494. The summed E-state index contributed by atoms with van der Waals surface area (Å²) in [5.41, 5.74) is 12.9. The van der Waals surface area contributed by atoms with E-state index in [2.05, 4.69) is 4.37 Å². The van der Waals surface area contributed by atoms with E-state index in [0.717, 1.165) is 16.3 Å². The third-order valence-corrected chi connectivity index (χ3v) is 2.03. The van der Waals surface area contributed by atoms with E-state index < -0.39 is 0 Å². The SMILES string of the molecule is Cc1nsc(N)c1CN. The van der Waals surface area contributed by atoms with Gasteiger partial charge in [0.05, 0.1) is 5.69 Å². The van der Waals surface area contributed by atoms with Crippen LogP contribution in [0.15, 0.2) is 0 Å². The van der Waals surface area contributed by atoms with Gasteiger partial charge in [0, 0.05) is 12.1 Å². The zero-order chi connectivity index (χ0) is 6.85. The monoisotopic (exact) mass is 143 g/mol. The Hall–Kier alpha value is -0.610. The molecule has 0 spiro atoms. The lowest BCUT2D eigenvalue weighted by molar-refractivity contribution is 1.05. The van der Waals surface area contributed by atoms with Gasteiger partial charge >= 0.3 is 0 Å². The number of nitrogens with zero attached hydrogens (tertiary/aromatic N) is 1. The molecule has 0 bridgehead atoms. The zero-order valence-electron chi connectivity index (χ0n) is 5.22. The molecule has 0 atom stereocenters. The van der Waals surface area contributed by atoms with Gasteiger partial charge in [0.1, 0.15) is 5.00 Å². The van der Waals surface area contributed by atoms with Gasteiger partial charge in [0.15, 0.2) is 0 Å². The maximum atomic E-state index is 5.53. The van der Waals surface area contributed by atoms with Gasteiger partial charge in [-0.2, -0.15) is 4.37 Å². The summed E-state index contributed by atoms with van der Waals surface area (Å²) in [5.74, 6) is 0. The van der Waals surface area contributed by atoms with Crippen LogP contribution in [0.1, 0.15) is 11.3 Å². The molecular weight excluding hydrogens is 134 g/mol. The lowest BCUT2D eigenvalue weighted by Crippen LogP contribution is -1.99. The summed E-state index contributed by atoms with van der Waals surface area (Å²) >= 11 is 1.30. The van der Waals surface area contributed by atoms with Gasteiger partial charge in [-0.25, -0.2) is 0 Å². The number of nitrogen functional groups attached to an aromatic ring is 1. The summed E-state index contributed by atoms with van der Waals surface area (Å²) in [6.07, 6.45) is 0. The molecule has 0 aliphatic heterocycles. The highest BCUT2D eigenvalue weighted by atomic mass is 32.1. The van der Waals surface area contributed by atoms with Crippen LogP contribution in [0.25, 0.3) is 0 Å². The quantitative estimate of drug-likeness (QED) is 0.601. The zero-order valence-corrected chi connectivity index (χ0v) is 6.03. The standard InChI is InChI=1S/C5H9N3S/c1-3-4(2-6)5(7)9-8-3/h2,6-7H2,1H3. The van der Waals surface area contributed by atoms with Crippen molar-refractivity contribution in [2.45, 2.75) is 13.5 Å². The van der Waals surface area contributed by atoms with Crippen LogP contribution < -0.4 is 11.5 Å². The van der Waals surface area contributed by atoms with Gasteiger partial charge in [-0.15, -0.1) is 0 Å². The molecule has 0 aliphatic carbocycles. The van der Waals surface area contributed by atoms with Crippen molar-refractivity contribution in [2.75, 3.05) is 5.73 Å². The number of aromatic nitrogens is 1. The highest BCUT2D eigenvalue weighted by molar-refractivity contribution is 7.10. The molecule has 1 heterocycles. The lowest BCUT2D eigenvalue weighted by Gasteiger charge is -1.91. The number of hydrogen-bond acceptors (Lipinski definition) is 4. The van der Waals surface area contributed by atoms with E-state index in [-0.39, 0.29) is 0 Å². The van der Waals surface area contributed by atoms with Crippen molar-refractivity contribution in [1.29, 1.82) is 0 Å². The largest absolute Gasteiger partial charge is 0.389 e. The second-order valence-corrected chi connectivity index (χ2v) is 2.62. The van der Waals surface area contributed by atoms with Crippen molar-refractivity contribution in [3.63, 3.8) is 0 Å². The second kappa shape index (κ2) is 2.33. The Morgan fingerprint density at radius 2 is 2.33 bits per heavy atom. The Morgan fingerprint density at radius 1 is 1.67 bits per heavy atom. The molecule has 1 rings (SSSR count). The Balaban J connectivity index is 3.07. The average molecular weight is 143 g/mol. The molecule has 0 amide bonds. The van der Waals surface area contributed by atoms with Crippen LogP contribution in [-0.2, 0) is 6.54 Å². The van der Waals surface area contributed by atoms with Crippen LogP contribution in [0, 0.1) is 6.92 Å². The van der Waals surface area contributed by atoms with Crippen LogP contribution in [0.4, 0.5) is 5.00 Å². The topological polar surface area (TPSA) is 64.9 Å². The van der Waals surface area contributed by atoms with Gasteiger partial charge in [-0.3, -0.25) is 0 Å². The summed E-state index contributed by atoms with van der Waals surface area (Å²) < 4.78 is 4.02. The summed E-state index contributed by atoms with van der Waals surface area (Å²) in [7, 11) is 0. The van der Waals surface area contributed by atoms with E-state index in [1.807, 2.05) is 6.92 Å². The fourth-order valence-corrected chi connectivity index (χ4v) is 1.34. The van der Waals surface area contributed by atoms with E-state index in [1.165, 1.54) is 11.5 Å². The average Bonchev–Trinajstić information content (AvgIpc) is 2.12. The first kappa shape index (κ1) is 6.51. The number of hydrogen-bond donors (Lipinski definition) is 2. The molecule has 1 aromatic rings. The van der Waals surface area contributed by atoms with E-state index in [4.69, 9.17) is 11.5 Å². The molecule has 0 fully saturated rings. The Bertz CT molecular complexity index is 186. The molecule has 4 N–H and O–H groups in total. The van der Waals surface area contributed by atoms with Crippen LogP contribution in [0.3, 0.4) is 0 Å². The summed E-state index contributed by atoms with van der Waals surface area (Å²) in [4.78, 5) is 0. The van der Waals surface area contributed by atoms with E-state index >= 15 is 0 Å². The minimum Gasteiger partial charge on any atom is -0.389 e. The number of nitrogens with two attached hydrogens (primary N) is 2. The molecule has 0 saturated carbocycles. The van der Waals surface area contributed by atoms with Crippen LogP contribution in [-0.4, -0.2) is 4.37 Å².